The molecule has 2 nitrogen and oxygen atoms in total. The van der Waals surface area contributed by atoms with Crippen molar-refractivity contribution in [3.63, 3.8) is 0 Å². The molecule has 102 valence electrons. The molecule has 0 bridgehead atoms. The molecule has 0 spiro atoms. The monoisotopic (exact) mass is 333 g/mol. The first-order chi connectivity index (χ1) is 9.61. The van der Waals surface area contributed by atoms with Gasteiger partial charge in [0.2, 0.25) is 0 Å². The van der Waals surface area contributed by atoms with Crippen LogP contribution in [0.2, 0.25) is 0 Å². The Kier molecular flexibility index (Phi) is 3.57. The fraction of sp³-hybridized carbons (Fsp3) is 0.188. The van der Waals surface area contributed by atoms with Crippen LogP contribution in [-0.2, 0) is 17.6 Å². The van der Waals surface area contributed by atoms with Crippen molar-refractivity contribution in [2.24, 2.45) is 0 Å². The standard InChI is InChI=1S/C16H13BrFNO/c17-12-5-10(6-13(18)9-12)7-16(20)15-8-11-3-1-2-4-14(11)19-15/h1-6,9,15,19H,7-8H2. The molecule has 0 amide bonds. The maximum absolute atomic E-state index is 13.3. The van der Waals surface area contributed by atoms with Crippen molar-refractivity contribution in [2.75, 3.05) is 5.32 Å². The lowest BCUT2D eigenvalue weighted by molar-refractivity contribution is -0.119. The summed E-state index contributed by atoms with van der Waals surface area (Å²) in [6.45, 7) is 0. The van der Waals surface area contributed by atoms with Crippen molar-refractivity contribution in [1.82, 2.24) is 0 Å². The normalized spacial score (nSPS) is 16.6. The van der Waals surface area contributed by atoms with Crippen LogP contribution in [0.15, 0.2) is 46.9 Å². The number of hydrogen-bond acceptors (Lipinski definition) is 2. The number of nitrogens with one attached hydrogen (secondary N) is 1. The van der Waals surface area contributed by atoms with Crippen LogP contribution < -0.4 is 5.32 Å². The van der Waals surface area contributed by atoms with Crippen molar-refractivity contribution in [3.8, 4) is 0 Å². The Labute approximate surface area is 125 Å². The van der Waals surface area contributed by atoms with Crippen LogP contribution >= 0.6 is 15.9 Å². The Hall–Kier alpha value is -1.68. The Bertz CT molecular complexity index is 626. The van der Waals surface area contributed by atoms with Crippen molar-refractivity contribution in [2.45, 2.75) is 18.9 Å². The van der Waals surface area contributed by atoms with E-state index < -0.39 is 0 Å². The topological polar surface area (TPSA) is 29.1 Å². The quantitative estimate of drug-likeness (QED) is 0.927. The summed E-state index contributed by atoms with van der Waals surface area (Å²) in [6.07, 6.45) is 0.938. The van der Waals surface area contributed by atoms with Gasteiger partial charge in [0.15, 0.2) is 5.78 Å². The third-order valence-electron chi connectivity index (χ3n) is 3.46. The minimum absolute atomic E-state index is 0.0821. The second kappa shape index (κ2) is 5.37. The van der Waals surface area contributed by atoms with Gasteiger partial charge in [0.25, 0.3) is 0 Å². The Morgan fingerprint density at radius 1 is 1.30 bits per heavy atom. The highest BCUT2D eigenvalue weighted by Crippen LogP contribution is 2.26. The fourth-order valence-electron chi connectivity index (χ4n) is 2.53. The number of benzene rings is 2. The molecule has 1 N–H and O–H groups in total. The first-order valence-electron chi connectivity index (χ1n) is 6.44. The first-order valence-corrected chi connectivity index (χ1v) is 7.23. The second-order valence-corrected chi connectivity index (χ2v) is 5.89. The maximum Gasteiger partial charge on any atom is 0.159 e. The van der Waals surface area contributed by atoms with E-state index in [0.29, 0.717) is 16.5 Å². The number of carbonyl (C=O) groups excluding carboxylic acids is 1. The molecule has 4 heteroatoms. The summed E-state index contributed by atoms with van der Waals surface area (Å²) in [4.78, 5) is 12.3. The predicted octanol–water partition coefficient (Wildman–Crippen LogP) is 3.74. The first kappa shape index (κ1) is 13.3. The van der Waals surface area contributed by atoms with E-state index in [0.717, 1.165) is 11.3 Å². The van der Waals surface area contributed by atoms with E-state index in [1.165, 1.54) is 12.1 Å². The van der Waals surface area contributed by atoms with Crippen LogP contribution in [0.4, 0.5) is 10.1 Å². The number of carbonyl (C=O) groups is 1. The number of ketones is 1. The molecular weight excluding hydrogens is 321 g/mol. The largest absolute Gasteiger partial charge is 0.375 e. The van der Waals surface area contributed by atoms with E-state index in [1.807, 2.05) is 24.3 Å². The van der Waals surface area contributed by atoms with Gasteiger partial charge in [0.1, 0.15) is 5.82 Å². The smallest absolute Gasteiger partial charge is 0.159 e. The highest BCUT2D eigenvalue weighted by molar-refractivity contribution is 9.10. The summed E-state index contributed by atoms with van der Waals surface area (Å²) < 4.78 is 14.0. The van der Waals surface area contributed by atoms with Gasteiger partial charge in [-0.2, -0.15) is 0 Å². The molecular formula is C16H13BrFNO. The molecule has 0 radical (unpaired) electrons. The van der Waals surface area contributed by atoms with Gasteiger partial charge in [-0.3, -0.25) is 4.79 Å². The van der Waals surface area contributed by atoms with E-state index >= 15 is 0 Å². The summed E-state index contributed by atoms with van der Waals surface area (Å²) in [6, 6.07) is 12.3. The van der Waals surface area contributed by atoms with Crippen LogP contribution in [0.25, 0.3) is 0 Å². The van der Waals surface area contributed by atoms with Crippen molar-refractivity contribution in [1.29, 1.82) is 0 Å². The van der Waals surface area contributed by atoms with Gasteiger partial charge < -0.3 is 5.32 Å². The zero-order valence-corrected chi connectivity index (χ0v) is 12.3. The zero-order chi connectivity index (χ0) is 14.1. The van der Waals surface area contributed by atoms with Crippen LogP contribution in [-0.4, -0.2) is 11.8 Å². The number of halogens is 2. The van der Waals surface area contributed by atoms with Gasteiger partial charge in [-0.15, -0.1) is 0 Å². The Morgan fingerprint density at radius 3 is 2.85 bits per heavy atom. The van der Waals surface area contributed by atoms with Gasteiger partial charge in [-0.25, -0.2) is 4.39 Å². The van der Waals surface area contributed by atoms with E-state index in [2.05, 4.69) is 21.2 Å². The number of fused-ring (bicyclic) bond motifs is 1. The van der Waals surface area contributed by atoms with Crippen molar-refractivity contribution >= 4 is 27.4 Å². The lowest BCUT2D eigenvalue weighted by Crippen LogP contribution is -2.28. The molecule has 2 aromatic carbocycles. The molecule has 1 aliphatic heterocycles. The average Bonchev–Trinajstić information content (AvgIpc) is 2.81. The van der Waals surface area contributed by atoms with E-state index in [-0.39, 0.29) is 24.1 Å². The molecule has 1 unspecified atom stereocenters. The molecule has 1 atom stereocenters. The second-order valence-electron chi connectivity index (χ2n) is 4.98. The highest BCUT2D eigenvalue weighted by Gasteiger charge is 2.26. The van der Waals surface area contributed by atoms with Crippen LogP contribution in [0, 0.1) is 5.82 Å². The zero-order valence-electron chi connectivity index (χ0n) is 10.7. The van der Waals surface area contributed by atoms with E-state index in [1.54, 1.807) is 6.07 Å². The molecule has 0 aromatic heterocycles. The molecule has 0 saturated heterocycles. The molecule has 0 aliphatic carbocycles. The molecule has 2 aromatic rings. The van der Waals surface area contributed by atoms with E-state index in [9.17, 15) is 9.18 Å². The number of rotatable bonds is 3. The third kappa shape index (κ3) is 2.75. The molecule has 3 rings (SSSR count). The minimum atomic E-state index is -0.329. The lowest BCUT2D eigenvalue weighted by Gasteiger charge is -2.10. The Balaban J connectivity index is 1.72. The summed E-state index contributed by atoms with van der Waals surface area (Å²) in [5.74, 6) is -0.247. The summed E-state index contributed by atoms with van der Waals surface area (Å²) >= 11 is 3.24. The summed E-state index contributed by atoms with van der Waals surface area (Å²) in [5.41, 5.74) is 2.87. The summed E-state index contributed by atoms with van der Waals surface area (Å²) in [7, 11) is 0. The maximum atomic E-state index is 13.3. The molecule has 20 heavy (non-hydrogen) atoms. The van der Waals surface area contributed by atoms with Crippen molar-refractivity contribution < 1.29 is 9.18 Å². The number of para-hydroxylation sites is 1. The molecule has 1 heterocycles. The lowest BCUT2D eigenvalue weighted by atomic mass is 10.0. The van der Waals surface area contributed by atoms with Crippen LogP contribution in [0.1, 0.15) is 11.1 Å². The van der Waals surface area contributed by atoms with Crippen LogP contribution in [0.5, 0.6) is 0 Å². The number of anilines is 1. The van der Waals surface area contributed by atoms with Gasteiger partial charge in [-0.1, -0.05) is 34.1 Å². The van der Waals surface area contributed by atoms with Crippen molar-refractivity contribution in [3.05, 3.63) is 63.9 Å². The SMILES string of the molecule is O=C(Cc1cc(F)cc(Br)c1)C1Cc2ccccc2N1. The van der Waals surface area contributed by atoms with Crippen LogP contribution in [0.3, 0.4) is 0 Å². The van der Waals surface area contributed by atoms with E-state index in [4.69, 9.17) is 0 Å². The van der Waals surface area contributed by atoms with Gasteiger partial charge >= 0.3 is 0 Å². The Morgan fingerprint density at radius 2 is 2.10 bits per heavy atom. The summed E-state index contributed by atoms with van der Waals surface area (Å²) in [5, 5.41) is 3.23. The molecule has 0 saturated carbocycles. The van der Waals surface area contributed by atoms with Gasteiger partial charge in [0.05, 0.1) is 6.04 Å². The highest BCUT2D eigenvalue weighted by atomic mass is 79.9. The average molecular weight is 334 g/mol. The number of hydrogen-bond donors (Lipinski definition) is 1. The fourth-order valence-corrected chi connectivity index (χ4v) is 3.04. The minimum Gasteiger partial charge on any atom is -0.375 e. The van der Waals surface area contributed by atoms with Gasteiger partial charge in [-0.05, 0) is 35.4 Å². The van der Waals surface area contributed by atoms with Gasteiger partial charge in [0, 0.05) is 23.0 Å². The third-order valence-corrected chi connectivity index (χ3v) is 3.92. The number of Topliss-reactive ketones (excluding diaryl/α,β-unsaturated/α-hetero) is 1. The molecule has 0 fully saturated rings. The predicted molar refractivity (Wildman–Crippen MR) is 80.4 cm³/mol. The molecule has 1 aliphatic rings.